The molecule has 0 bridgehead atoms. The van der Waals surface area contributed by atoms with Crippen molar-refractivity contribution in [1.82, 2.24) is 15.0 Å². The number of hydrogen-bond donors (Lipinski definition) is 0. The standard InChI is InChI=1S/C18H21N3O2/c22-18(23-14-15-7-3-1-4-8-15)12-11-16-13-21(20-19-16)17-9-5-2-6-10-17/h1,3-4,7-8,11-13,17H,2,5-6,9-10,14H2/b12-11-. The van der Waals surface area contributed by atoms with E-state index in [0.717, 1.165) is 18.4 Å². The Kier molecular flexibility index (Phi) is 5.19. The zero-order valence-electron chi connectivity index (χ0n) is 13.1. The number of esters is 1. The van der Waals surface area contributed by atoms with Gasteiger partial charge in [-0.05, 0) is 24.5 Å². The second-order valence-corrected chi connectivity index (χ2v) is 5.84. The molecule has 0 saturated heterocycles. The topological polar surface area (TPSA) is 57.0 Å². The van der Waals surface area contributed by atoms with Crippen molar-refractivity contribution < 1.29 is 9.53 Å². The van der Waals surface area contributed by atoms with Crippen molar-refractivity contribution in [3.8, 4) is 0 Å². The number of carbonyl (C=O) groups excluding carboxylic acids is 1. The highest BCUT2D eigenvalue weighted by Crippen LogP contribution is 2.27. The van der Waals surface area contributed by atoms with Gasteiger partial charge in [0.1, 0.15) is 12.3 Å². The van der Waals surface area contributed by atoms with E-state index in [0.29, 0.717) is 11.7 Å². The molecular formula is C18H21N3O2. The molecule has 1 saturated carbocycles. The number of hydrogen-bond acceptors (Lipinski definition) is 4. The van der Waals surface area contributed by atoms with E-state index in [-0.39, 0.29) is 12.6 Å². The average Bonchev–Trinajstić information content (AvgIpc) is 3.09. The lowest BCUT2D eigenvalue weighted by molar-refractivity contribution is -0.138. The van der Waals surface area contributed by atoms with Crippen LogP contribution in [0.25, 0.3) is 6.08 Å². The molecule has 0 unspecified atom stereocenters. The van der Waals surface area contributed by atoms with Crippen LogP contribution >= 0.6 is 0 Å². The Bertz CT molecular complexity index is 658. The van der Waals surface area contributed by atoms with E-state index in [1.54, 1.807) is 6.08 Å². The summed E-state index contributed by atoms with van der Waals surface area (Å²) in [6.07, 6.45) is 11.1. The van der Waals surface area contributed by atoms with E-state index >= 15 is 0 Å². The third-order valence-electron chi connectivity index (χ3n) is 4.09. The van der Waals surface area contributed by atoms with Crippen LogP contribution in [0.1, 0.15) is 49.4 Å². The molecule has 1 aromatic carbocycles. The lowest BCUT2D eigenvalue weighted by Crippen LogP contribution is -2.13. The van der Waals surface area contributed by atoms with Crippen LogP contribution in [0.2, 0.25) is 0 Å². The fourth-order valence-electron chi connectivity index (χ4n) is 2.82. The Balaban J connectivity index is 1.51. The third-order valence-corrected chi connectivity index (χ3v) is 4.09. The largest absolute Gasteiger partial charge is 0.458 e. The molecule has 0 aliphatic heterocycles. The summed E-state index contributed by atoms with van der Waals surface area (Å²) < 4.78 is 7.12. The maximum Gasteiger partial charge on any atom is 0.331 e. The van der Waals surface area contributed by atoms with Crippen LogP contribution in [0.15, 0.2) is 42.6 Å². The minimum Gasteiger partial charge on any atom is -0.458 e. The summed E-state index contributed by atoms with van der Waals surface area (Å²) >= 11 is 0. The Hall–Kier alpha value is -2.43. The highest BCUT2D eigenvalue weighted by atomic mass is 16.5. The molecule has 1 aromatic heterocycles. The van der Waals surface area contributed by atoms with E-state index < -0.39 is 0 Å². The highest BCUT2D eigenvalue weighted by Gasteiger charge is 2.16. The van der Waals surface area contributed by atoms with Gasteiger partial charge in [-0.3, -0.25) is 0 Å². The molecule has 1 fully saturated rings. The molecule has 120 valence electrons. The summed E-state index contributed by atoms with van der Waals surface area (Å²) in [5, 5.41) is 8.27. The van der Waals surface area contributed by atoms with E-state index in [1.165, 1.54) is 25.3 Å². The van der Waals surface area contributed by atoms with Crippen molar-refractivity contribution in [2.24, 2.45) is 0 Å². The Morgan fingerprint density at radius 3 is 2.78 bits per heavy atom. The van der Waals surface area contributed by atoms with Crippen LogP contribution in [-0.2, 0) is 16.1 Å². The van der Waals surface area contributed by atoms with Gasteiger partial charge >= 0.3 is 5.97 Å². The van der Waals surface area contributed by atoms with E-state index in [2.05, 4.69) is 10.3 Å². The van der Waals surface area contributed by atoms with E-state index in [1.807, 2.05) is 41.2 Å². The van der Waals surface area contributed by atoms with Gasteiger partial charge in [0, 0.05) is 6.08 Å². The average molecular weight is 311 g/mol. The van der Waals surface area contributed by atoms with Crippen LogP contribution in [0.3, 0.4) is 0 Å². The summed E-state index contributed by atoms with van der Waals surface area (Å²) in [5.41, 5.74) is 1.66. The fraction of sp³-hybridized carbons (Fsp3) is 0.389. The first-order valence-corrected chi connectivity index (χ1v) is 8.12. The Morgan fingerprint density at radius 1 is 1.22 bits per heavy atom. The normalized spacial score (nSPS) is 15.8. The third kappa shape index (κ3) is 4.52. The Labute approximate surface area is 136 Å². The molecule has 1 aliphatic rings. The van der Waals surface area contributed by atoms with Gasteiger partial charge in [-0.2, -0.15) is 0 Å². The fourth-order valence-corrected chi connectivity index (χ4v) is 2.82. The molecule has 3 rings (SSSR count). The van der Waals surface area contributed by atoms with Crippen LogP contribution in [0, 0.1) is 0 Å². The monoisotopic (exact) mass is 311 g/mol. The molecule has 0 radical (unpaired) electrons. The number of rotatable bonds is 5. The summed E-state index contributed by atoms with van der Waals surface area (Å²) in [5.74, 6) is -0.374. The SMILES string of the molecule is O=C(/C=C\c1cn(C2CCCCC2)nn1)OCc1ccccc1. The molecule has 1 aliphatic carbocycles. The maximum atomic E-state index is 11.7. The van der Waals surface area contributed by atoms with Crippen molar-refractivity contribution in [2.75, 3.05) is 0 Å². The van der Waals surface area contributed by atoms with Crippen molar-refractivity contribution in [3.05, 3.63) is 53.9 Å². The Morgan fingerprint density at radius 2 is 2.00 bits per heavy atom. The minimum absolute atomic E-state index is 0.277. The summed E-state index contributed by atoms with van der Waals surface area (Å²) in [7, 11) is 0. The molecule has 23 heavy (non-hydrogen) atoms. The van der Waals surface area contributed by atoms with Crippen molar-refractivity contribution in [1.29, 1.82) is 0 Å². The van der Waals surface area contributed by atoms with Crippen LogP contribution in [0.5, 0.6) is 0 Å². The maximum absolute atomic E-state index is 11.7. The predicted octanol–water partition coefficient (Wildman–Crippen LogP) is 3.54. The second kappa shape index (κ2) is 7.72. The molecule has 0 N–H and O–H groups in total. The summed E-state index contributed by atoms with van der Waals surface area (Å²) in [6, 6.07) is 10.1. The number of ether oxygens (including phenoxy) is 1. The van der Waals surface area contributed by atoms with Gasteiger partial charge < -0.3 is 4.74 Å². The smallest absolute Gasteiger partial charge is 0.331 e. The zero-order chi connectivity index (χ0) is 15.9. The number of carbonyl (C=O) groups is 1. The molecule has 2 aromatic rings. The summed E-state index contributed by atoms with van der Waals surface area (Å²) in [6.45, 7) is 0.277. The first kappa shape index (κ1) is 15.5. The van der Waals surface area contributed by atoms with Gasteiger partial charge in [0.15, 0.2) is 0 Å². The lowest BCUT2D eigenvalue weighted by atomic mass is 9.96. The van der Waals surface area contributed by atoms with Gasteiger partial charge in [0.2, 0.25) is 0 Å². The van der Waals surface area contributed by atoms with E-state index in [9.17, 15) is 4.79 Å². The van der Waals surface area contributed by atoms with Crippen LogP contribution in [-0.4, -0.2) is 21.0 Å². The quantitative estimate of drug-likeness (QED) is 0.626. The molecular weight excluding hydrogens is 290 g/mol. The van der Waals surface area contributed by atoms with Crippen molar-refractivity contribution >= 4 is 12.0 Å². The van der Waals surface area contributed by atoms with Gasteiger partial charge in [0.25, 0.3) is 0 Å². The van der Waals surface area contributed by atoms with Crippen molar-refractivity contribution in [3.63, 3.8) is 0 Å². The minimum atomic E-state index is -0.374. The van der Waals surface area contributed by atoms with Crippen molar-refractivity contribution in [2.45, 2.75) is 44.8 Å². The molecule has 1 heterocycles. The molecule has 5 nitrogen and oxygen atoms in total. The lowest BCUT2D eigenvalue weighted by Gasteiger charge is -2.20. The molecule has 0 atom stereocenters. The number of aromatic nitrogens is 3. The van der Waals surface area contributed by atoms with Gasteiger partial charge in [-0.1, -0.05) is 54.8 Å². The molecule has 0 amide bonds. The van der Waals surface area contributed by atoms with Gasteiger partial charge in [0.05, 0.1) is 12.2 Å². The van der Waals surface area contributed by atoms with Gasteiger partial charge in [-0.25, -0.2) is 9.48 Å². The van der Waals surface area contributed by atoms with Crippen LogP contribution in [0.4, 0.5) is 0 Å². The molecule has 0 spiro atoms. The second-order valence-electron chi connectivity index (χ2n) is 5.84. The molecule has 5 heteroatoms. The first-order chi connectivity index (χ1) is 11.3. The van der Waals surface area contributed by atoms with Crippen LogP contribution < -0.4 is 0 Å². The van der Waals surface area contributed by atoms with E-state index in [4.69, 9.17) is 4.74 Å². The number of nitrogens with zero attached hydrogens (tertiary/aromatic N) is 3. The summed E-state index contributed by atoms with van der Waals surface area (Å²) in [4.78, 5) is 11.7. The number of benzene rings is 1. The predicted molar refractivity (Wildman–Crippen MR) is 87.4 cm³/mol. The zero-order valence-corrected chi connectivity index (χ0v) is 13.1. The van der Waals surface area contributed by atoms with Gasteiger partial charge in [-0.15, -0.1) is 5.10 Å². The first-order valence-electron chi connectivity index (χ1n) is 8.12. The highest BCUT2D eigenvalue weighted by molar-refractivity contribution is 5.86.